The van der Waals surface area contributed by atoms with Crippen molar-refractivity contribution in [3.05, 3.63) is 81.7 Å². The van der Waals surface area contributed by atoms with Crippen molar-refractivity contribution in [2.24, 2.45) is 0 Å². The molecule has 2 heterocycles. The van der Waals surface area contributed by atoms with Gasteiger partial charge in [0, 0.05) is 24.2 Å². The lowest BCUT2D eigenvalue weighted by Gasteiger charge is -2.35. The summed E-state index contributed by atoms with van der Waals surface area (Å²) in [5, 5.41) is 13.6. The second-order valence-electron chi connectivity index (χ2n) is 9.43. The SMILES string of the molecule is CCC(c1nnnn1Cc1ccc(F)cc1)N(Cc1cc2ccc(OC)cc2[nH]c1=O)C1CCCC1. The normalized spacial score (nSPS) is 15.1. The molecule has 36 heavy (non-hydrogen) atoms. The Kier molecular flexibility index (Phi) is 7.09. The van der Waals surface area contributed by atoms with Gasteiger partial charge in [0.2, 0.25) is 0 Å². The van der Waals surface area contributed by atoms with Crippen LogP contribution in [0.4, 0.5) is 4.39 Å². The number of halogens is 1. The minimum Gasteiger partial charge on any atom is -0.497 e. The number of aromatic amines is 1. The molecule has 1 atom stereocenters. The summed E-state index contributed by atoms with van der Waals surface area (Å²) in [6.45, 7) is 3.08. The van der Waals surface area contributed by atoms with Crippen LogP contribution in [-0.2, 0) is 13.1 Å². The Bertz CT molecular complexity index is 1380. The molecule has 1 aliphatic rings. The lowest BCUT2D eigenvalue weighted by Crippen LogP contribution is -2.39. The topological polar surface area (TPSA) is 88.9 Å². The molecule has 2 aromatic heterocycles. The summed E-state index contributed by atoms with van der Waals surface area (Å²) in [6, 6.07) is 14.4. The van der Waals surface area contributed by atoms with Gasteiger partial charge in [0.1, 0.15) is 11.6 Å². The van der Waals surface area contributed by atoms with Crippen molar-refractivity contribution in [2.45, 2.75) is 64.2 Å². The van der Waals surface area contributed by atoms with E-state index in [-0.39, 0.29) is 17.4 Å². The van der Waals surface area contributed by atoms with Gasteiger partial charge in [-0.15, -0.1) is 5.10 Å². The molecule has 0 bridgehead atoms. The molecule has 5 rings (SSSR count). The van der Waals surface area contributed by atoms with Gasteiger partial charge in [0.25, 0.3) is 5.56 Å². The Morgan fingerprint density at radius 3 is 2.67 bits per heavy atom. The zero-order valence-electron chi connectivity index (χ0n) is 20.7. The largest absolute Gasteiger partial charge is 0.497 e. The molecule has 1 saturated carbocycles. The third-order valence-corrected chi connectivity index (χ3v) is 7.17. The number of rotatable bonds is 9. The van der Waals surface area contributed by atoms with Crippen molar-refractivity contribution in [1.82, 2.24) is 30.1 Å². The van der Waals surface area contributed by atoms with Crippen molar-refractivity contribution < 1.29 is 9.13 Å². The van der Waals surface area contributed by atoms with E-state index in [0.717, 1.165) is 47.1 Å². The predicted molar refractivity (Wildman–Crippen MR) is 135 cm³/mol. The first-order valence-electron chi connectivity index (χ1n) is 12.5. The second-order valence-corrected chi connectivity index (χ2v) is 9.43. The first-order chi connectivity index (χ1) is 17.6. The van der Waals surface area contributed by atoms with Crippen LogP contribution in [0.1, 0.15) is 62.0 Å². The van der Waals surface area contributed by atoms with Crippen molar-refractivity contribution in [3.8, 4) is 5.75 Å². The van der Waals surface area contributed by atoms with E-state index >= 15 is 0 Å². The van der Waals surface area contributed by atoms with E-state index in [1.54, 1.807) is 23.9 Å². The van der Waals surface area contributed by atoms with Crippen molar-refractivity contribution >= 4 is 10.9 Å². The third kappa shape index (κ3) is 5.02. The molecule has 0 aliphatic heterocycles. The summed E-state index contributed by atoms with van der Waals surface area (Å²) in [4.78, 5) is 18.6. The fraction of sp³-hybridized carbons (Fsp3) is 0.407. The fourth-order valence-corrected chi connectivity index (χ4v) is 5.29. The number of tetrazole rings is 1. The van der Waals surface area contributed by atoms with Crippen LogP contribution in [0.15, 0.2) is 53.3 Å². The summed E-state index contributed by atoms with van der Waals surface area (Å²) in [7, 11) is 1.61. The van der Waals surface area contributed by atoms with Crippen molar-refractivity contribution in [3.63, 3.8) is 0 Å². The molecule has 1 N–H and O–H groups in total. The summed E-state index contributed by atoms with van der Waals surface area (Å²) >= 11 is 0. The number of methoxy groups -OCH3 is 1. The molecule has 0 saturated heterocycles. The summed E-state index contributed by atoms with van der Waals surface area (Å²) in [5.74, 6) is 1.20. The van der Waals surface area contributed by atoms with E-state index in [1.165, 1.54) is 25.0 Å². The molecule has 0 radical (unpaired) electrons. The Morgan fingerprint density at radius 2 is 1.94 bits per heavy atom. The van der Waals surface area contributed by atoms with E-state index in [1.807, 2.05) is 24.3 Å². The average molecular weight is 491 g/mol. The number of nitrogens with one attached hydrogen (secondary N) is 1. The summed E-state index contributed by atoms with van der Waals surface area (Å²) in [6.07, 6.45) is 5.30. The number of pyridine rings is 1. The molecule has 0 spiro atoms. The van der Waals surface area contributed by atoms with E-state index in [4.69, 9.17) is 4.74 Å². The number of fused-ring (bicyclic) bond motifs is 1. The molecule has 0 amide bonds. The van der Waals surface area contributed by atoms with Crippen LogP contribution in [0.25, 0.3) is 10.9 Å². The van der Waals surface area contributed by atoms with Gasteiger partial charge in [-0.1, -0.05) is 31.9 Å². The smallest absolute Gasteiger partial charge is 0.252 e. The van der Waals surface area contributed by atoms with Crippen molar-refractivity contribution in [1.29, 1.82) is 0 Å². The maximum atomic E-state index is 13.4. The van der Waals surface area contributed by atoms with Gasteiger partial charge in [-0.25, -0.2) is 9.07 Å². The maximum Gasteiger partial charge on any atom is 0.252 e. The number of hydrogen-bond acceptors (Lipinski definition) is 6. The van der Waals surface area contributed by atoms with Gasteiger partial charge >= 0.3 is 0 Å². The Morgan fingerprint density at radius 1 is 1.17 bits per heavy atom. The predicted octanol–water partition coefficient (Wildman–Crippen LogP) is 4.61. The van der Waals surface area contributed by atoms with Crippen LogP contribution in [0.2, 0.25) is 0 Å². The summed E-state index contributed by atoms with van der Waals surface area (Å²) in [5.41, 5.74) is 2.30. The van der Waals surface area contributed by atoms with Gasteiger partial charge < -0.3 is 9.72 Å². The Hall–Kier alpha value is -3.59. The molecule has 4 aromatic rings. The zero-order valence-corrected chi connectivity index (χ0v) is 20.7. The Balaban J connectivity index is 1.48. The van der Waals surface area contributed by atoms with E-state index in [9.17, 15) is 9.18 Å². The number of benzene rings is 2. The molecule has 1 fully saturated rings. The number of H-pyrrole nitrogens is 1. The molecular formula is C27H31FN6O2. The zero-order chi connectivity index (χ0) is 25.1. The highest BCUT2D eigenvalue weighted by Gasteiger charge is 2.32. The van der Waals surface area contributed by atoms with Gasteiger partial charge in [-0.2, -0.15) is 0 Å². The minimum atomic E-state index is -0.270. The molecular weight excluding hydrogens is 459 g/mol. The van der Waals surface area contributed by atoms with Gasteiger partial charge in [0.15, 0.2) is 5.82 Å². The third-order valence-electron chi connectivity index (χ3n) is 7.17. The van der Waals surface area contributed by atoms with Crippen LogP contribution in [0.5, 0.6) is 5.75 Å². The summed E-state index contributed by atoms with van der Waals surface area (Å²) < 4.78 is 20.5. The average Bonchev–Trinajstić information content (AvgIpc) is 3.58. The monoisotopic (exact) mass is 490 g/mol. The lowest BCUT2D eigenvalue weighted by molar-refractivity contribution is 0.112. The van der Waals surface area contributed by atoms with Gasteiger partial charge in [-0.3, -0.25) is 9.69 Å². The Labute approximate surface area is 209 Å². The first kappa shape index (κ1) is 24.1. The van der Waals surface area contributed by atoms with Crippen LogP contribution in [0, 0.1) is 5.82 Å². The van der Waals surface area contributed by atoms with E-state index in [0.29, 0.717) is 24.9 Å². The molecule has 188 valence electrons. The molecule has 9 heteroatoms. The van der Waals surface area contributed by atoms with Crippen molar-refractivity contribution in [2.75, 3.05) is 7.11 Å². The number of aromatic nitrogens is 5. The van der Waals surface area contributed by atoms with Crippen LogP contribution >= 0.6 is 0 Å². The van der Waals surface area contributed by atoms with Gasteiger partial charge in [-0.05, 0) is 71.0 Å². The molecule has 8 nitrogen and oxygen atoms in total. The highest BCUT2D eigenvalue weighted by Crippen LogP contribution is 2.34. The number of ether oxygens (including phenoxy) is 1. The number of nitrogens with zero attached hydrogens (tertiary/aromatic N) is 5. The first-order valence-corrected chi connectivity index (χ1v) is 12.5. The second kappa shape index (κ2) is 10.6. The maximum absolute atomic E-state index is 13.4. The number of hydrogen-bond donors (Lipinski definition) is 1. The fourth-order valence-electron chi connectivity index (χ4n) is 5.29. The highest BCUT2D eigenvalue weighted by molar-refractivity contribution is 5.80. The molecule has 2 aromatic carbocycles. The molecule has 1 unspecified atom stereocenters. The van der Waals surface area contributed by atoms with Crippen LogP contribution in [-0.4, -0.2) is 43.2 Å². The van der Waals surface area contributed by atoms with Crippen LogP contribution < -0.4 is 10.3 Å². The van der Waals surface area contributed by atoms with Gasteiger partial charge in [0.05, 0.1) is 25.2 Å². The quantitative estimate of drug-likeness (QED) is 0.369. The molecule has 1 aliphatic carbocycles. The standard InChI is InChI=1S/C27H31FN6O2/c1-3-25(26-30-31-32-34(26)16-18-8-11-21(28)12-9-18)33(22-6-4-5-7-22)17-20-14-19-10-13-23(36-2)15-24(19)29-27(20)35/h8-15,22,25H,3-7,16-17H2,1-2H3,(H,29,35). The highest BCUT2D eigenvalue weighted by atomic mass is 19.1. The van der Waals surface area contributed by atoms with Crippen LogP contribution in [0.3, 0.4) is 0 Å². The van der Waals surface area contributed by atoms with E-state index in [2.05, 4.69) is 32.3 Å². The lowest BCUT2D eigenvalue weighted by atomic mass is 10.0. The minimum absolute atomic E-state index is 0.0606. The van der Waals surface area contributed by atoms with E-state index < -0.39 is 0 Å².